The normalized spacial score (nSPS) is 10.5. The van der Waals surface area contributed by atoms with Gasteiger partial charge in [0.05, 0.1) is 11.3 Å². The molecule has 0 aliphatic heterocycles. The highest BCUT2D eigenvalue weighted by atomic mass is 16.5. The van der Waals surface area contributed by atoms with Crippen LogP contribution in [0.15, 0.2) is 54.6 Å². The third-order valence-corrected chi connectivity index (χ3v) is 4.40. The van der Waals surface area contributed by atoms with Crippen molar-refractivity contribution < 1.29 is 14.3 Å². The van der Waals surface area contributed by atoms with Gasteiger partial charge in [0, 0.05) is 17.1 Å². The predicted octanol–water partition coefficient (Wildman–Crippen LogP) is 3.52. The maximum Gasteiger partial charge on any atom is 0.257 e. The molecule has 6 heteroatoms. The minimum absolute atomic E-state index is 0.187. The summed E-state index contributed by atoms with van der Waals surface area (Å²) in [7, 11) is 0. The van der Waals surface area contributed by atoms with Crippen LogP contribution in [0.25, 0.3) is 5.69 Å². The molecule has 0 radical (unpaired) electrons. The number of rotatable bonds is 6. The molecule has 0 bridgehead atoms. The zero-order chi connectivity index (χ0) is 20.3. The third-order valence-electron chi connectivity index (χ3n) is 4.40. The number of nitrogens with zero attached hydrogens (tertiary/aromatic N) is 1. The van der Waals surface area contributed by atoms with Gasteiger partial charge in [-0.2, -0.15) is 0 Å². The van der Waals surface area contributed by atoms with Crippen molar-refractivity contribution >= 4 is 17.5 Å². The van der Waals surface area contributed by atoms with Crippen LogP contribution in [0.3, 0.4) is 0 Å². The van der Waals surface area contributed by atoms with E-state index in [0.29, 0.717) is 17.0 Å². The summed E-state index contributed by atoms with van der Waals surface area (Å²) in [6.45, 7) is 5.80. The Balaban J connectivity index is 1.85. The number of nitrogens with one attached hydrogen (secondary N) is 1. The zero-order valence-corrected chi connectivity index (χ0v) is 16.2. The molecule has 3 rings (SSSR count). The van der Waals surface area contributed by atoms with Crippen molar-refractivity contribution in [2.45, 2.75) is 20.8 Å². The molecule has 144 valence electrons. The van der Waals surface area contributed by atoms with E-state index in [0.717, 1.165) is 22.6 Å². The molecule has 0 aliphatic rings. The first-order chi connectivity index (χ1) is 13.3. The monoisotopic (exact) mass is 377 g/mol. The number of ether oxygens (including phenoxy) is 1. The van der Waals surface area contributed by atoms with Crippen molar-refractivity contribution in [1.82, 2.24) is 4.57 Å². The van der Waals surface area contributed by atoms with Crippen LogP contribution in [0.5, 0.6) is 5.75 Å². The quantitative estimate of drug-likeness (QED) is 0.689. The summed E-state index contributed by atoms with van der Waals surface area (Å²) in [6, 6.07) is 16.7. The van der Waals surface area contributed by atoms with E-state index in [2.05, 4.69) is 9.88 Å². The lowest BCUT2D eigenvalue weighted by atomic mass is 10.1. The summed E-state index contributed by atoms with van der Waals surface area (Å²) in [4.78, 5) is 23.8. The molecule has 1 heterocycles. The lowest BCUT2D eigenvalue weighted by Gasteiger charge is -2.16. The van der Waals surface area contributed by atoms with Gasteiger partial charge in [0.25, 0.3) is 11.8 Å². The highest BCUT2D eigenvalue weighted by molar-refractivity contribution is 6.07. The van der Waals surface area contributed by atoms with Gasteiger partial charge < -0.3 is 20.4 Å². The van der Waals surface area contributed by atoms with Crippen molar-refractivity contribution in [1.29, 1.82) is 0 Å². The number of aromatic nitrogens is 1. The first-order valence-electron chi connectivity index (χ1n) is 8.93. The molecule has 0 saturated heterocycles. The molecule has 0 spiro atoms. The maximum atomic E-state index is 13.0. The van der Waals surface area contributed by atoms with Crippen molar-refractivity contribution in [2.24, 2.45) is 5.73 Å². The maximum absolute atomic E-state index is 13.0. The van der Waals surface area contributed by atoms with Crippen LogP contribution in [0.1, 0.15) is 27.3 Å². The first-order valence-corrected chi connectivity index (χ1v) is 8.93. The van der Waals surface area contributed by atoms with Crippen LogP contribution >= 0.6 is 0 Å². The molecule has 0 unspecified atom stereocenters. The molecule has 0 aliphatic carbocycles. The van der Waals surface area contributed by atoms with Crippen LogP contribution in [0.4, 0.5) is 5.69 Å². The summed E-state index contributed by atoms with van der Waals surface area (Å²) in [5.74, 6) is -0.233. The Morgan fingerprint density at radius 1 is 0.964 bits per heavy atom. The lowest BCUT2D eigenvalue weighted by molar-refractivity contribution is -0.119. The van der Waals surface area contributed by atoms with Crippen molar-refractivity contribution in [3.05, 3.63) is 77.1 Å². The molecule has 6 nitrogen and oxygen atoms in total. The van der Waals surface area contributed by atoms with Crippen molar-refractivity contribution in [3.8, 4) is 11.4 Å². The van der Waals surface area contributed by atoms with E-state index in [-0.39, 0.29) is 12.5 Å². The zero-order valence-electron chi connectivity index (χ0n) is 16.2. The number of amides is 2. The van der Waals surface area contributed by atoms with Gasteiger partial charge in [0.15, 0.2) is 6.61 Å². The molecule has 2 aromatic carbocycles. The fourth-order valence-corrected chi connectivity index (χ4v) is 3.06. The van der Waals surface area contributed by atoms with Gasteiger partial charge in [0.1, 0.15) is 5.75 Å². The summed E-state index contributed by atoms with van der Waals surface area (Å²) < 4.78 is 7.30. The average Bonchev–Trinajstić information content (AvgIpc) is 2.99. The van der Waals surface area contributed by atoms with E-state index in [1.54, 1.807) is 24.3 Å². The number of carbonyl (C=O) groups excluding carboxylic acids is 2. The Labute approximate surface area is 163 Å². The SMILES string of the molecule is Cc1ccc(-n2c(C)ccc2C)c(C(=O)Nc2ccc(OCC(N)=O)cc2)c1. The largest absolute Gasteiger partial charge is 0.484 e. The molecule has 0 fully saturated rings. The second-order valence-corrected chi connectivity index (χ2v) is 6.71. The molecule has 3 N–H and O–H groups in total. The number of benzene rings is 2. The van der Waals surface area contributed by atoms with E-state index in [9.17, 15) is 9.59 Å². The summed E-state index contributed by atoms with van der Waals surface area (Å²) in [5.41, 5.74) is 10.3. The number of hydrogen-bond donors (Lipinski definition) is 2. The number of carbonyl (C=O) groups is 2. The number of aryl methyl sites for hydroxylation is 3. The Kier molecular flexibility index (Phi) is 5.49. The molecule has 1 aromatic heterocycles. The van der Waals surface area contributed by atoms with E-state index >= 15 is 0 Å². The predicted molar refractivity (Wildman–Crippen MR) is 109 cm³/mol. The third kappa shape index (κ3) is 4.23. The summed E-state index contributed by atoms with van der Waals surface area (Å²) in [6.07, 6.45) is 0. The minimum Gasteiger partial charge on any atom is -0.484 e. The molecule has 28 heavy (non-hydrogen) atoms. The second kappa shape index (κ2) is 8.00. The lowest BCUT2D eigenvalue weighted by Crippen LogP contribution is -2.20. The van der Waals surface area contributed by atoms with Crippen LogP contribution in [-0.4, -0.2) is 23.0 Å². The van der Waals surface area contributed by atoms with E-state index in [4.69, 9.17) is 10.5 Å². The topological polar surface area (TPSA) is 86.3 Å². The fraction of sp³-hybridized carbons (Fsp3) is 0.182. The Hall–Kier alpha value is -3.54. The molecule has 2 amide bonds. The van der Waals surface area contributed by atoms with Gasteiger partial charge in [-0.1, -0.05) is 11.6 Å². The van der Waals surface area contributed by atoms with E-state index in [1.807, 2.05) is 51.1 Å². The van der Waals surface area contributed by atoms with Gasteiger partial charge in [0.2, 0.25) is 0 Å². The smallest absolute Gasteiger partial charge is 0.257 e. The summed E-state index contributed by atoms with van der Waals surface area (Å²) >= 11 is 0. The highest BCUT2D eigenvalue weighted by Crippen LogP contribution is 2.23. The number of hydrogen-bond acceptors (Lipinski definition) is 3. The van der Waals surface area contributed by atoms with Crippen LogP contribution in [-0.2, 0) is 4.79 Å². The average molecular weight is 377 g/mol. The van der Waals surface area contributed by atoms with Gasteiger partial charge in [-0.25, -0.2) is 0 Å². The molecule has 0 atom stereocenters. The Morgan fingerprint density at radius 2 is 1.61 bits per heavy atom. The Bertz CT molecular complexity index is 1000. The molecular formula is C22H23N3O3. The van der Waals surface area contributed by atoms with Crippen LogP contribution in [0, 0.1) is 20.8 Å². The number of anilines is 1. The van der Waals surface area contributed by atoms with Gasteiger partial charge in [-0.15, -0.1) is 0 Å². The van der Waals surface area contributed by atoms with Crippen molar-refractivity contribution in [2.75, 3.05) is 11.9 Å². The molecule has 3 aromatic rings. The van der Waals surface area contributed by atoms with Crippen molar-refractivity contribution in [3.63, 3.8) is 0 Å². The Morgan fingerprint density at radius 3 is 2.21 bits per heavy atom. The van der Waals surface area contributed by atoms with Gasteiger partial charge >= 0.3 is 0 Å². The van der Waals surface area contributed by atoms with E-state index < -0.39 is 5.91 Å². The first kappa shape index (κ1) is 19.2. The van der Waals surface area contributed by atoms with Crippen LogP contribution < -0.4 is 15.8 Å². The standard InChI is InChI=1S/C22H23N3O3/c1-14-4-11-20(25-15(2)5-6-16(25)3)19(12-14)22(27)24-17-7-9-18(10-8-17)28-13-21(23)26/h4-12H,13H2,1-3H3,(H2,23,26)(H,24,27). The molecular weight excluding hydrogens is 354 g/mol. The van der Waals surface area contributed by atoms with Gasteiger partial charge in [-0.05, 0) is 69.3 Å². The number of primary amides is 1. The molecule has 0 saturated carbocycles. The van der Waals surface area contributed by atoms with Crippen LogP contribution in [0.2, 0.25) is 0 Å². The fourth-order valence-electron chi connectivity index (χ4n) is 3.06. The minimum atomic E-state index is -0.542. The number of nitrogens with two attached hydrogens (primary N) is 1. The van der Waals surface area contributed by atoms with Gasteiger partial charge in [-0.3, -0.25) is 9.59 Å². The second-order valence-electron chi connectivity index (χ2n) is 6.71. The van der Waals surface area contributed by atoms with E-state index in [1.165, 1.54) is 0 Å². The highest BCUT2D eigenvalue weighted by Gasteiger charge is 2.16. The summed E-state index contributed by atoms with van der Waals surface area (Å²) in [5, 5.41) is 2.92.